The van der Waals surface area contributed by atoms with Crippen LogP contribution in [0, 0.1) is 11.3 Å². The summed E-state index contributed by atoms with van der Waals surface area (Å²) in [7, 11) is 1.32. The van der Waals surface area contributed by atoms with Gasteiger partial charge < -0.3 is 14.4 Å². The quantitative estimate of drug-likeness (QED) is 0.671. The van der Waals surface area contributed by atoms with Crippen molar-refractivity contribution in [2.24, 2.45) is 11.3 Å². The molecule has 0 bridgehead atoms. The minimum absolute atomic E-state index is 0.0184. The second-order valence-corrected chi connectivity index (χ2v) is 8.06. The van der Waals surface area contributed by atoms with Gasteiger partial charge in [-0.25, -0.2) is 4.39 Å². The van der Waals surface area contributed by atoms with Gasteiger partial charge in [0.15, 0.2) is 0 Å². The molecule has 1 aliphatic heterocycles. The average Bonchev–Trinajstić information content (AvgIpc) is 3.06. The molecule has 2 rings (SSSR count). The summed E-state index contributed by atoms with van der Waals surface area (Å²) < 4.78 is 24.3. The number of esters is 1. The smallest absolute Gasteiger partial charge is 0.306 e. The van der Waals surface area contributed by atoms with Crippen molar-refractivity contribution >= 4 is 11.9 Å². The molecule has 1 saturated heterocycles. The van der Waals surface area contributed by atoms with E-state index in [-0.39, 0.29) is 41.9 Å². The summed E-state index contributed by atoms with van der Waals surface area (Å²) in [5.41, 5.74) is 0.754. The van der Waals surface area contributed by atoms with Gasteiger partial charge in [-0.15, -0.1) is 0 Å². The molecular formula is C20H30FNO4. The monoisotopic (exact) mass is 367 g/mol. The van der Waals surface area contributed by atoms with Crippen LogP contribution in [0.1, 0.15) is 52.9 Å². The van der Waals surface area contributed by atoms with Crippen molar-refractivity contribution in [3.8, 4) is 0 Å². The SMILES string of the molecule is COC(=O)CCC(=O)N1CCC(COC2=C(C(C)(C)C)C=C(F)CC2)C1. The van der Waals surface area contributed by atoms with Crippen LogP contribution in [0.2, 0.25) is 0 Å². The first-order valence-corrected chi connectivity index (χ1v) is 9.27. The number of carbonyl (C=O) groups is 2. The lowest BCUT2D eigenvalue weighted by Gasteiger charge is -2.28. The number of amides is 1. The summed E-state index contributed by atoms with van der Waals surface area (Å²) in [6.07, 6.45) is 3.76. The lowest BCUT2D eigenvalue weighted by molar-refractivity contribution is -0.143. The number of hydrogen-bond donors (Lipinski definition) is 0. The highest BCUT2D eigenvalue weighted by Crippen LogP contribution is 2.37. The molecule has 1 atom stereocenters. The molecule has 146 valence electrons. The van der Waals surface area contributed by atoms with Crippen LogP contribution in [0.4, 0.5) is 4.39 Å². The van der Waals surface area contributed by atoms with Crippen molar-refractivity contribution in [1.29, 1.82) is 0 Å². The van der Waals surface area contributed by atoms with Crippen LogP contribution in [0.15, 0.2) is 23.2 Å². The van der Waals surface area contributed by atoms with E-state index >= 15 is 0 Å². The normalized spacial score (nSPS) is 20.9. The minimum Gasteiger partial charge on any atom is -0.497 e. The van der Waals surface area contributed by atoms with Gasteiger partial charge in [-0.3, -0.25) is 9.59 Å². The Kier molecular flexibility index (Phi) is 6.84. The van der Waals surface area contributed by atoms with Crippen molar-refractivity contribution < 1.29 is 23.5 Å². The molecule has 1 heterocycles. The number of nitrogens with zero attached hydrogens (tertiary/aromatic N) is 1. The fraction of sp³-hybridized carbons (Fsp3) is 0.700. The predicted octanol–water partition coefficient (Wildman–Crippen LogP) is 3.75. The summed E-state index contributed by atoms with van der Waals surface area (Å²) in [5, 5.41) is 0. The minimum atomic E-state index is -0.364. The highest BCUT2D eigenvalue weighted by atomic mass is 19.1. The molecule has 1 fully saturated rings. The van der Waals surface area contributed by atoms with E-state index in [4.69, 9.17) is 4.74 Å². The van der Waals surface area contributed by atoms with Gasteiger partial charge in [-0.1, -0.05) is 20.8 Å². The Balaban J connectivity index is 1.87. The van der Waals surface area contributed by atoms with Crippen molar-refractivity contribution in [3.05, 3.63) is 23.2 Å². The van der Waals surface area contributed by atoms with E-state index in [1.807, 2.05) is 0 Å². The van der Waals surface area contributed by atoms with Gasteiger partial charge in [0.25, 0.3) is 0 Å². The van der Waals surface area contributed by atoms with Crippen molar-refractivity contribution in [1.82, 2.24) is 4.90 Å². The molecule has 0 saturated carbocycles. The van der Waals surface area contributed by atoms with Crippen LogP contribution in [0.5, 0.6) is 0 Å². The molecule has 1 amide bonds. The third kappa shape index (κ3) is 5.58. The Morgan fingerprint density at radius 3 is 2.65 bits per heavy atom. The second-order valence-electron chi connectivity index (χ2n) is 8.06. The number of likely N-dealkylation sites (tertiary alicyclic amines) is 1. The van der Waals surface area contributed by atoms with Crippen LogP contribution >= 0.6 is 0 Å². The second kappa shape index (κ2) is 8.69. The van der Waals surface area contributed by atoms with E-state index in [2.05, 4.69) is 25.5 Å². The Hall–Kier alpha value is -1.85. The highest BCUT2D eigenvalue weighted by molar-refractivity contribution is 5.81. The highest BCUT2D eigenvalue weighted by Gasteiger charge is 2.29. The molecule has 0 aromatic carbocycles. The average molecular weight is 367 g/mol. The van der Waals surface area contributed by atoms with Gasteiger partial charge in [-0.2, -0.15) is 0 Å². The standard InChI is InChI=1S/C20H30FNO4/c1-20(2,3)16-11-15(21)5-6-17(16)26-13-14-9-10-22(12-14)18(23)7-8-19(24)25-4/h11,14H,5-10,12-13H2,1-4H3. The van der Waals surface area contributed by atoms with Crippen LogP contribution in [-0.2, 0) is 19.1 Å². The maximum Gasteiger partial charge on any atom is 0.306 e. The number of hydrogen-bond acceptors (Lipinski definition) is 4. The summed E-state index contributed by atoms with van der Waals surface area (Å²) in [4.78, 5) is 25.1. The van der Waals surface area contributed by atoms with E-state index < -0.39 is 0 Å². The first kappa shape index (κ1) is 20.5. The zero-order valence-corrected chi connectivity index (χ0v) is 16.3. The fourth-order valence-corrected chi connectivity index (χ4v) is 3.34. The van der Waals surface area contributed by atoms with Gasteiger partial charge in [0, 0.05) is 38.3 Å². The van der Waals surface area contributed by atoms with Gasteiger partial charge in [0.05, 0.1) is 20.1 Å². The topological polar surface area (TPSA) is 55.8 Å². The maximum atomic E-state index is 13.7. The van der Waals surface area contributed by atoms with Gasteiger partial charge in [0.1, 0.15) is 11.6 Å². The molecule has 1 aliphatic carbocycles. The molecule has 0 radical (unpaired) electrons. The van der Waals surface area contributed by atoms with Crippen molar-refractivity contribution in [2.45, 2.75) is 52.9 Å². The summed E-state index contributed by atoms with van der Waals surface area (Å²) >= 11 is 0. The number of halogens is 1. The lowest BCUT2D eigenvalue weighted by atomic mass is 9.82. The third-order valence-electron chi connectivity index (χ3n) is 4.90. The number of rotatable bonds is 6. The maximum absolute atomic E-state index is 13.7. The Bertz CT molecular complexity index is 603. The molecule has 0 spiro atoms. The zero-order valence-electron chi connectivity index (χ0n) is 16.3. The molecule has 5 nitrogen and oxygen atoms in total. The third-order valence-corrected chi connectivity index (χ3v) is 4.90. The molecule has 0 N–H and O–H groups in total. The van der Waals surface area contributed by atoms with E-state index in [0.717, 1.165) is 17.8 Å². The number of allylic oxidation sites excluding steroid dienone is 4. The first-order chi connectivity index (χ1) is 12.2. The molecule has 2 aliphatic rings. The molecular weight excluding hydrogens is 337 g/mol. The molecule has 26 heavy (non-hydrogen) atoms. The Morgan fingerprint density at radius 1 is 1.27 bits per heavy atom. The van der Waals surface area contributed by atoms with Crippen LogP contribution in [0.25, 0.3) is 0 Å². The van der Waals surface area contributed by atoms with E-state index in [9.17, 15) is 14.0 Å². The van der Waals surface area contributed by atoms with Gasteiger partial charge in [-0.05, 0) is 23.5 Å². The van der Waals surface area contributed by atoms with E-state index in [1.54, 1.807) is 11.0 Å². The lowest BCUT2D eigenvalue weighted by Crippen LogP contribution is -2.29. The van der Waals surface area contributed by atoms with E-state index in [0.29, 0.717) is 32.5 Å². The van der Waals surface area contributed by atoms with E-state index in [1.165, 1.54) is 7.11 Å². The van der Waals surface area contributed by atoms with Gasteiger partial charge >= 0.3 is 5.97 Å². The number of ether oxygens (including phenoxy) is 2. The Morgan fingerprint density at radius 2 is 2.00 bits per heavy atom. The summed E-state index contributed by atoms with van der Waals surface area (Å²) in [5.74, 6) is 0.660. The molecule has 6 heteroatoms. The van der Waals surface area contributed by atoms with Crippen LogP contribution in [0.3, 0.4) is 0 Å². The van der Waals surface area contributed by atoms with Gasteiger partial charge in [0.2, 0.25) is 5.91 Å². The van der Waals surface area contributed by atoms with Crippen molar-refractivity contribution in [2.75, 3.05) is 26.8 Å². The summed E-state index contributed by atoms with van der Waals surface area (Å²) in [6.45, 7) is 8.02. The molecule has 1 unspecified atom stereocenters. The van der Waals surface area contributed by atoms with Crippen molar-refractivity contribution in [3.63, 3.8) is 0 Å². The summed E-state index contributed by atoms with van der Waals surface area (Å²) in [6, 6.07) is 0. The zero-order chi connectivity index (χ0) is 19.3. The Labute approximate surface area is 155 Å². The molecule has 0 aromatic rings. The van der Waals surface area contributed by atoms with Crippen LogP contribution in [-0.4, -0.2) is 43.6 Å². The largest absolute Gasteiger partial charge is 0.497 e. The number of carbonyl (C=O) groups excluding carboxylic acids is 2. The first-order valence-electron chi connectivity index (χ1n) is 9.27. The predicted molar refractivity (Wildman–Crippen MR) is 96.8 cm³/mol. The number of methoxy groups -OCH3 is 1. The molecule has 0 aromatic heterocycles. The van der Waals surface area contributed by atoms with Crippen LogP contribution < -0.4 is 0 Å². The fourth-order valence-electron chi connectivity index (χ4n) is 3.34.